The van der Waals surface area contributed by atoms with Gasteiger partial charge in [0.15, 0.2) is 11.5 Å². The molecule has 13 heteroatoms. The van der Waals surface area contributed by atoms with Crippen LogP contribution in [0.5, 0.6) is 0 Å². The highest BCUT2D eigenvalue weighted by Crippen LogP contribution is 2.22. The summed E-state index contributed by atoms with van der Waals surface area (Å²) in [4.78, 5) is 33.1. The van der Waals surface area contributed by atoms with Crippen LogP contribution < -0.4 is 15.8 Å². The van der Waals surface area contributed by atoms with Crippen molar-refractivity contribution in [3.05, 3.63) is 65.7 Å². The van der Waals surface area contributed by atoms with Crippen LogP contribution in [0.4, 0.5) is 23.1 Å². The Bertz CT molecular complexity index is 1620. The zero-order valence-electron chi connectivity index (χ0n) is 20.6. The van der Waals surface area contributed by atoms with E-state index >= 15 is 0 Å². The fourth-order valence-electron chi connectivity index (χ4n) is 4.00. The van der Waals surface area contributed by atoms with Crippen molar-refractivity contribution in [1.29, 1.82) is 0 Å². The van der Waals surface area contributed by atoms with Crippen LogP contribution >= 0.6 is 0 Å². The van der Waals surface area contributed by atoms with Gasteiger partial charge in [0.1, 0.15) is 5.39 Å². The van der Waals surface area contributed by atoms with Gasteiger partial charge < -0.3 is 15.0 Å². The highest BCUT2D eigenvalue weighted by molar-refractivity contribution is 7.92. The summed E-state index contributed by atoms with van der Waals surface area (Å²) in [5, 5.41) is 3.50. The third-order valence-electron chi connectivity index (χ3n) is 5.61. The van der Waals surface area contributed by atoms with Crippen LogP contribution in [-0.2, 0) is 21.0 Å². The Labute approximate surface area is 213 Å². The second kappa shape index (κ2) is 10.1. The molecule has 1 aliphatic heterocycles. The SMILES string of the molecule is C=CCn1c(=O)c2cnc(Nc3ccc(N4CCOCC4)cc3)nc2n1-c1nccc(N=S(C)(C)=O)n1. The molecule has 1 N–H and O–H groups in total. The van der Waals surface area contributed by atoms with Gasteiger partial charge in [-0.15, -0.1) is 6.58 Å². The van der Waals surface area contributed by atoms with E-state index in [2.05, 4.69) is 41.1 Å². The van der Waals surface area contributed by atoms with Gasteiger partial charge in [-0.05, 0) is 24.3 Å². The average molecular weight is 522 g/mol. The summed E-state index contributed by atoms with van der Waals surface area (Å²) >= 11 is 0. The number of nitrogens with one attached hydrogen (secondary N) is 1. The standard InChI is InChI=1S/C24H27N9O3S/c1-4-11-32-22(34)19-16-26-23(27-17-5-7-18(8-6-17)31-12-14-36-15-13-31)29-21(19)33(32)24-25-10-9-20(28-24)30-37(2,3)35/h4-10,16H,1,11-15H2,2-3H3,(H,26,27,29). The Balaban J connectivity index is 1.53. The molecule has 0 atom stereocenters. The van der Waals surface area contributed by atoms with Crippen LogP contribution in [0.3, 0.4) is 0 Å². The maximum atomic E-state index is 13.1. The van der Waals surface area contributed by atoms with E-state index in [4.69, 9.17) is 4.74 Å². The van der Waals surface area contributed by atoms with Gasteiger partial charge in [-0.2, -0.15) is 19.0 Å². The molecule has 192 valence electrons. The average Bonchev–Trinajstić information content (AvgIpc) is 3.15. The summed E-state index contributed by atoms with van der Waals surface area (Å²) in [6.45, 7) is 7.11. The third-order valence-corrected chi connectivity index (χ3v) is 6.23. The third kappa shape index (κ3) is 5.37. The van der Waals surface area contributed by atoms with E-state index in [1.165, 1.54) is 34.3 Å². The van der Waals surface area contributed by atoms with Crippen molar-refractivity contribution < 1.29 is 8.95 Å². The number of aromatic nitrogens is 6. The molecule has 1 aliphatic rings. The highest BCUT2D eigenvalue weighted by Gasteiger charge is 2.19. The van der Waals surface area contributed by atoms with Gasteiger partial charge in [-0.3, -0.25) is 4.79 Å². The minimum absolute atomic E-state index is 0.165. The van der Waals surface area contributed by atoms with E-state index < -0.39 is 9.73 Å². The normalized spacial score (nSPS) is 14.1. The Hall–Kier alpha value is -4.10. The number of hydrogen-bond acceptors (Lipinski definition) is 10. The monoisotopic (exact) mass is 521 g/mol. The smallest absolute Gasteiger partial charge is 0.278 e. The number of nitrogens with zero attached hydrogens (tertiary/aromatic N) is 8. The number of benzene rings is 1. The predicted octanol–water partition coefficient (Wildman–Crippen LogP) is 2.50. The zero-order valence-corrected chi connectivity index (χ0v) is 21.4. The quantitative estimate of drug-likeness (QED) is 0.364. The maximum absolute atomic E-state index is 13.1. The van der Waals surface area contributed by atoms with Crippen molar-refractivity contribution in [1.82, 2.24) is 29.3 Å². The second-order valence-corrected chi connectivity index (χ2v) is 11.2. The molecule has 1 fully saturated rings. The van der Waals surface area contributed by atoms with E-state index in [1.54, 1.807) is 12.1 Å². The van der Waals surface area contributed by atoms with Gasteiger partial charge in [-0.1, -0.05) is 6.08 Å². The van der Waals surface area contributed by atoms with Gasteiger partial charge in [0.25, 0.3) is 11.5 Å². The summed E-state index contributed by atoms with van der Waals surface area (Å²) in [6, 6.07) is 9.53. The number of fused-ring (bicyclic) bond motifs is 1. The molecule has 37 heavy (non-hydrogen) atoms. The summed E-state index contributed by atoms with van der Waals surface area (Å²) in [5.74, 6) is 0.715. The first-order valence-electron chi connectivity index (χ1n) is 11.6. The van der Waals surface area contributed by atoms with Gasteiger partial charge in [0.05, 0.1) is 19.8 Å². The molecule has 1 aromatic carbocycles. The van der Waals surface area contributed by atoms with Crippen LogP contribution in [0, 0.1) is 0 Å². The first kappa shape index (κ1) is 24.6. The molecule has 3 aromatic heterocycles. The Morgan fingerprint density at radius 1 is 1.14 bits per heavy atom. The van der Waals surface area contributed by atoms with Crippen LogP contribution in [0.25, 0.3) is 17.0 Å². The fraction of sp³-hybridized carbons (Fsp3) is 0.292. The van der Waals surface area contributed by atoms with Crippen molar-refractivity contribution in [3.8, 4) is 5.95 Å². The molecular formula is C24H27N9O3S. The summed E-state index contributed by atoms with van der Waals surface area (Å²) in [5.41, 5.74) is 1.93. The molecule has 0 aliphatic carbocycles. The number of ether oxygens (including phenoxy) is 1. The first-order chi connectivity index (χ1) is 17.8. The van der Waals surface area contributed by atoms with Crippen molar-refractivity contribution in [2.75, 3.05) is 49.0 Å². The van der Waals surface area contributed by atoms with Crippen LogP contribution in [-0.4, -0.2) is 72.3 Å². The molecule has 4 aromatic rings. The minimum Gasteiger partial charge on any atom is -0.378 e. The van der Waals surface area contributed by atoms with Gasteiger partial charge in [0, 0.05) is 65.2 Å². The molecule has 4 heterocycles. The lowest BCUT2D eigenvalue weighted by molar-refractivity contribution is 0.122. The minimum atomic E-state index is -2.44. The number of anilines is 3. The Morgan fingerprint density at radius 2 is 1.89 bits per heavy atom. The van der Waals surface area contributed by atoms with Crippen molar-refractivity contribution in [2.45, 2.75) is 6.54 Å². The fourth-order valence-corrected chi connectivity index (χ4v) is 4.55. The van der Waals surface area contributed by atoms with E-state index in [1.807, 2.05) is 24.3 Å². The van der Waals surface area contributed by atoms with Gasteiger partial charge in [-0.25, -0.2) is 18.9 Å². The van der Waals surface area contributed by atoms with E-state index in [9.17, 15) is 9.00 Å². The summed E-state index contributed by atoms with van der Waals surface area (Å²) in [6.07, 6.45) is 7.61. The number of rotatable bonds is 7. The number of morpholine rings is 1. The second-order valence-electron chi connectivity index (χ2n) is 8.68. The van der Waals surface area contributed by atoms with Crippen LogP contribution in [0.1, 0.15) is 0 Å². The summed E-state index contributed by atoms with van der Waals surface area (Å²) < 4.78 is 24.7. The van der Waals surface area contributed by atoms with Crippen molar-refractivity contribution in [2.24, 2.45) is 4.36 Å². The van der Waals surface area contributed by atoms with E-state index in [-0.39, 0.29) is 23.9 Å². The lowest BCUT2D eigenvalue weighted by Gasteiger charge is -2.28. The molecule has 0 bridgehead atoms. The van der Waals surface area contributed by atoms with E-state index in [0.29, 0.717) is 17.0 Å². The first-order valence-corrected chi connectivity index (χ1v) is 14.0. The zero-order chi connectivity index (χ0) is 26.0. The van der Waals surface area contributed by atoms with Crippen LogP contribution in [0.2, 0.25) is 0 Å². The highest BCUT2D eigenvalue weighted by atomic mass is 32.2. The van der Waals surface area contributed by atoms with Gasteiger partial charge >= 0.3 is 0 Å². The van der Waals surface area contributed by atoms with Crippen molar-refractivity contribution >= 4 is 43.9 Å². The van der Waals surface area contributed by atoms with Crippen LogP contribution in [0.15, 0.2) is 64.5 Å². The molecule has 0 unspecified atom stereocenters. The molecule has 1 saturated heterocycles. The lowest BCUT2D eigenvalue weighted by Crippen LogP contribution is -2.36. The van der Waals surface area contributed by atoms with Crippen molar-refractivity contribution in [3.63, 3.8) is 0 Å². The molecule has 0 radical (unpaired) electrons. The molecule has 0 saturated carbocycles. The Morgan fingerprint density at radius 3 is 2.59 bits per heavy atom. The Kier molecular flexibility index (Phi) is 6.72. The maximum Gasteiger partial charge on any atom is 0.278 e. The summed E-state index contributed by atoms with van der Waals surface area (Å²) in [7, 11) is -2.44. The predicted molar refractivity (Wildman–Crippen MR) is 144 cm³/mol. The lowest BCUT2D eigenvalue weighted by atomic mass is 10.2. The number of allylic oxidation sites excluding steroid dienone is 1. The molecule has 0 spiro atoms. The van der Waals surface area contributed by atoms with Gasteiger partial charge in [0.2, 0.25) is 5.95 Å². The molecule has 5 rings (SSSR count). The molecule has 12 nitrogen and oxygen atoms in total. The van der Waals surface area contributed by atoms with E-state index in [0.717, 1.165) is 37.7 Å². The molecular weight excluding hydrogens is 494 g/mol. The number of hydrogen-bond donors (Lipinski definition) is 1. The molecule has 0 amide bonds. The largest absolute Gasteiger partial charge is 0.378 e. The topological polar surface area (TPSA) is 132 Å².